The van der Waals surface area contributed by atoms with E-state index in [1.165, 1.54) is 0 Å². The molecule has 0 aliphatic carbocycles. The van der Waals surface area contributed by atoms with Gasteiger partial charge in [-0.15, -0.1) is 0 Å². The highest BCUT2D eigenvalue weighted by Crippen LogP contribution is 2.37. The summed E-state index contributed by atoms with van der Waals surface area (Å²) in [7, 11) is 0. The number of ether oxygens (including phenoxy) is 2. The van der Waals surface area contributed by atoms with E-state index in [9.17, 15) is 14.7 Å². The molecule has 156 valence electrons. The lowest BCUT2D eigenvalue weighted by atomic mass is 9.90. The van der Waals surface area contributed by atoms with Gasteiger partial charge in [-0.25, -0.2) is 4.79 Å². The molecule has 2 fully saturated rings. The van der Waals surface area contributed by atoms with Crippen molar-refractivity contribution in [3.05, 3.63) is 23.3 Å². The molecule has 7 heteroatoms. The molecule has 3 aliphatic heterocycles. The first-order valence-corrected chi connectivity index (χ1v) is 11.1. The maximum absolute atomic E-state index is 12.6. The van der Waals surface area contributed by atoms with Crippen LogP contribution in [0.4, 0.5) is 4.79 Å². The van der Waals surface area contributed by atoms with Crippen molar-refractivity contribution in [2.75, 3.05) is 5.75 Å². The third kappa shape index (κ3) is 5.19. The van der Waals surface area contributed by atoms with E-state index in [4.69, 9.17) is 9.47 Å². The monoisotopic (exact) mass is 409 g/mol. The van der Waals surface area contributed by atoms with E-state index in [-0.39, 0.29) is 23.7 Å². The quantitative estimate of drug-likeness (QED) is 0.507. The van der Waals surface area contributed by atoms with Crippen LogP contribution in [0.15, 0.2) is 23.3 Å². The summed E-state index contributed by atoms with van der Waals surface area (Å²) < 4.78 is 11.9. The normalized spacial score (nSPS) is 41.7. The van der Waals surface area contributed by atoms with Crippen molar-refractivity contribution in [1.82, 2.24) is 5.32 Å². The van der Waals surface area contributed by atoms with Gasteiger partial charge in [-0.3, -0.25) is 4.79 Å². The van der Waals surface area contributed by atoms with Gasteiger partial charge in [0, 0.05) is 24.2 Å². The van der Waals surface area contributed by atoms with Crippen LogP contribution in [0.25, 0.3) is 0 Å². The second-order valence-electron chi connectivity index (χ2n) is 8.27. The number of hydrogen-bond acceptors (Lipinski definition) is 6. The summed E-state index contributed by atoms with van der Waals surface area (Å²) in [5.74, 6) is -0.991. The molecule has 1 unspecified atom stereocenters. The van der Waals surface area contributed by atoms with Crippen LogP contribution in [0.5, 0.6) is 0 Å². The molecule has 28 heavy (non-hydrogen) atoms. The van der Waals surface area contributed by atoms with E-state index < -0.39 is 17.9 Å². The Morgan fingerprint density at radius 3 is 2.75 bits per heavy atom. The van der Waals surface area contributed by atoms with E-state index in [1.54, 1.807) is 6.92 Å². The van der Waals surface area contributed by atoms with Crippen molar-refractivity contribution in [2.45, 2.75) is 83.3 Å². The highest BCUT2D eigenvalue weighted by Gasteiger charge is 2.49. The second-order valence-corrected chi connectivity index (χ2v) is 9.27. The Hall–Kier alpha value is -1.31. The Kier molecular flexibility index (Phi) is 6.89. The maximum Gasteiger partial charge on any atom is 0.333 e. The Morgan fingerprint density at radius 1 is 1.25 bits per heavy atom. The number of amides is 1. The summed E-state index contributed by atoms with van der Waals surface area (Å²) in [6.45, 7) is 5.94. The molecule has 1 amide bonds. The number of aliphatic hydroxyl groups is 1. The first-order chi connectivity index (χ1) is 13.3. The smallest absolute Gasteiger partial charge is 0.333 e. The molecular weight excluding hydrogens is 378 g/mol. The molecule has 5 atom stereocenters. The van der Waals surface area contributed by atoms with E-state index in [0.29, 0.717) is 23.7 Å². The maximum atomic E-state index is 12.6. The minimum absolute atomic E-state index is 0.159. The van der Waals surface area contributed by atoms with Gasteiger partial charge in [0.25, 0.3) is 5.24 Å². The summed E-state index contributed by atoms with van der Waals surface area (Å²) in [5, 5.41) is 13.8. The lowest BCUT2D eigenvalue weighted by Crippen LogP contribution is -2.58. The fourth-order valence-electron chi connectivity index (χ4n) is 3.98. The van der Waals surface area contributed by atoms with Crippen LogP contribution in [0.3, 0.4) is 0 Å². The largest absolute Gasteiger partial charge is 0.459 e. The first-order valence-electron chi connectivity index (χ1n) is 10.1. The van der Waals surface area contributed by atoms with Crippen LogP contribution >= 0.6 is 11.8 Å². The summed E-state index contributed by atoms with van der Waals surface area (Å²) in [4.78, 5) is 24.3. The summed E-state index contributed by atoms with van der Waals surface area (Å²) in [6.07, 6.45) is 7.89. The molecule has 6 nitrogen and oxygen atoms in total. The third-order valence-electron chi connectivity index (χ3n) is 5.95. The number of rotatable bonds is 1. The fraction of sp³-hybridized carbons (Fsp3) is 0.714. The molecule has 3 aliphatic rings. The number of allylic oxidation sites excluding steroid dienone is 3. The molecule has 0 aromatic carbocycles. The molecule has 3 heterocycles. The average molecular weight is 410 g/mol. The van der Waals surface area contributed by atoms with Crippen LogP contribution in [0, 0.1) is 5.92 Å². The van der Waals surface area contributed by atoms with Gasteiger partial charge < -0.3 is 19.9 Å². The van der Waals surface area contributed by atoms with E-state index >= 15 is 0 Å². The van der Waals surface area contributed by atoms with Gasteiger partial charge in [-0.05, 0) is 45.4 Å². The van der Waals surface area contributed by atoms with Gasteiger partial charge in [0.2, 0.25) is 0 Å². The minimum Gasteiger partial charge on any atom is -0.459 e. The van der Waals surface area contributed by atoms with Crippen molar-refractivity contribution in [3.8, 4) is 0 Å². The standard InChI is InChI=1S/C21H31NO5S/c1-13-6-4-5-7-14(2)15(3)19(23)26-17-10-16(9-8-13)27-21(25,11-17)18-12-28-20(24)22-18/h4,6,13,16-18,25H,5,7-12H2,1-3H3,(H,22,24)/b6-4-,15-14-/t13-,16?,17-,18+,21-/m1/s1. The van der Waals surface area contributed by atoms with Crippen molar-refractivity contribution < 1.29 is 24.2 Å². The molecule has 0 spiro atoms. The Balaban J connectivity index is 1.82. The number of nitrogens with one attached hydrogen (secondary N) is 1. The van der Waals surface area contributed by atoms with Crippen molar-refractivity contribution in [1.29, 1.82) is 0 Å². The molecule has 0 aromatic heterocycles. The summed E-state index contributed by atoms with van der Waals surface area (Å²) in [6, 6.07) is -0.497. The fourth-order valence-corrected chi connectivity index (χ4v) is 4.87. The molecule has 0 aromatic rings. The van der Waals surface area contributed by atoms with Gasteiger partial charge >= 0.3 is 5.97 Å². The number of hydrogen-bond donors (Lipinski definition) is 2. The number of carbonyl (C=O) groups is 2. The van der Waals surface area contributed by atoms with Crippen LogP contribution in [0.2, 0.25) is 0 Å². The van der Waals surface area contributed by atoms with Crippen LogP contribution in [0.1, 0.15) is 59.3 Å². The predicted molar refractivity (Wildman–Crippen MR) is 109 cm³/mol. The zero-order valence-corrected chi connectivity index (χ0v) is 17.7. The highest BCUT2D eigenvalue weighted by atomic mass is 32.2. The summed E-state index contributed by atoms with van der Waals surface area (Å²) in [5.41, 5.74) is 1.66. The lowest BCUT2D eigenvalue weighted by molar-refractivity contribution is -0.283. The van der Waals surface area contributed by atoms with Gasteiger partial charge in [0.15, 0.2) is 5.79 Å². The van der Waals surface area contributed by atoms with Crippen molar-refractivity contribution in [3.63, 3.8) is 0 Å². The van der Waals surface area contributed by atoms with Crippen LogP contribution in [-0.4, -0.2) is 46.1 Å². The van der Waals surface area contributed by atoms with Gasteiger partial charge in [0.1, 0.15) is 6.10 Å². The third-order valence-corrected chi connectivity index (χ3v) is 6.83. The first kappa shape index (κ1) is 21.4. The van der Waals surface area contributed by atoms with E-state index in [2.05, 4.69) is 24.4 Å². The zero-order valence-electron chi connectivity index (χ0n) is 16.9. The molecule has 3 rings (SSSR count). The van der Waals surface area contributed by atoms with E-state index in [0.717, 1.165) is 43.0 Å². The Bertz CT molecular complexity index is 676. The number of esters is 1. The number of fused-ring (bicyclic) bond motifs is 2. The van der Waals surface area contributed by atoms with Gasteiger partial charge in [-0.1, -0.05) is 36.4 Å². The zero-order chi connectivity index (χ0) is 20.3. The van der Waals surface area contributed by atoms with Gasteiger partial charge in [-0.2, -0.15) is 0 Å². The van der Waals surface area contributed by atoms with Crippen LogP contribution < -0.4 is 5.32 Å². The highest BCUT2D eigenvalue weighted by molar-refractivity contribution is 8.14. The summed E-state index contributed by atoms with van der Waals surface area (Å²) >= 11 is 1.14. The average Bonchev–Trinajstić information content (AvgIpc) is 3.09. The lowest BCUT2D eigenvalue weighted by Gasteiger charge is -2.43. The Labute approximate surface area is 171 Å². The molecule has 2 saturated heterocycles. The second kappa shape index (κ2) is 9.01. The molecule has 2 N–H and O–H groups in total. The molecule has 0 radical (unpaired) electrons. The van der Waals surface area contributed by atoms with Crippen molar-refractivity contribution >= 4 is 23.0 Å². The Morgan fingerprint density at radius 2 is 2.04 bits per heavy atom. The molecular formula is C21H31NO5S. The molecule has 2 bridgehead atoms. The SMILES string of the molecule is C/C1=C(\C)C(=O)O[C@@H]2CC(CC[C@H](C)/C=C\CC1)O[C@@](O)([C@@H]1CSC(=O)N1)C2. The number of thioether (sulfide) groups is 1. The van der Waals surface area contributed by atoms with Crippen molar-refractivity contribution in [2.24, 2.45) is 5.92 Å². The minimum atomic E-state index is -1.52. The topological polar surface area (TPSA) is 84.9 Å². The number of carbonyl (C=O) groups excluding carboxylic acids is 2. The molecule has 0 saturated carbocycles. The van der Waals surface area contributed by atoms with Gasteiger partial charge in [0.05, 0.1) is 12.1 Å². The predicted octanol–water partition coefficient (Wildman–Crippen LogP) is 3.69. The van der Waals surface area contributed by atoms with Crippen LogP contribution in [-0.2, 0) is 14.3 Å². The van der Waals surface area contributed by atoms with E-state index in [1.807, 2.05) is 6.92 Å².